The van der Waals surface area contributed by atoms with Crippen LogP contribution < -0.4 is 14.2 Å². The molecule has 1 aliphatic carbocycles. The molecule has 0 spiro atoms. The Bertz CT molecular complexity index is 1700. The number of aryl methyl sites for hydroxylation is 2. The quantitative estimate of drug-likeness (QED) is 0.266. The maximum atomic E-state index is 14.2. The molecule has 44 heavy (non-hydrogen) atoms. The number of carboxylic acids is 1. The van der Waals surface area contributed by atoms with Crippen molar-refractivity contribution < 1.29 is 45.7 Å². The summed E-state index contributed by atoms with van der Waals surface area (Å²) in [4.78, 5) is 11.2. The predicted octanol–water partition coefficient (Wildman–Crippen LogP) is 7.21. The van der Waals surface area contributed by atoms with Crippen LogP contribution >= 0.6 is 0 Å². The van der Waals surface area contributed by atoms with Gasteiger partial charge in [0.1, 0.15) is 34.7 Å². The van der Waals surface area contributed by atoms with Crippen LogP contribution in [0.25, 0.3) is 11.1 Å². The summed E-state index contributed by atoms with van der Waals surface area (Å²) in [5.74, 6) is 0.201. The van der Waals surface area contributed by atoms with E-state index >= 15 is 0 Å². The van der Waals surface area contributed by atoms with Gasteiger partial charge in [0, 0.05) is 23.8 Å². The molecule has 0 bridgehead atoms. The number of alkyl halides is 3. The largest absolute Gasteiger partial charge is 0.492 e. The van der Waals surface area contributed by atoms with Gasteiger partial charge in [0.05, 0.1) is 18.6 Å². The van der Waals surface area contributed by atoms with Gasteiger partial charge in [-0.25, -0.2) is 8.42 Å². The third-order valence-corrected chi connectivity index (χ3v) is 10.7. The monoisotopic (exact) mass is 632 g/mol. The Morgan fingerprint density at radius 2 is 1.70 bits per heavy atom. The molecule has 2 atom stereocenters. The third kappa shape index (κ3) is 6.24. The molecule has 5 rings (SSSR count). The van der Waals surface area contributed by atoms with E-state index < -0.39 is 38.4 Å². The fourth-order valence-corrected chi connectivity index (χ4v) is 6.14. The summed E-state index contributed by atoms with van der Waals surface area (Å²) < 4.78 is 83.4. The van der Waals surface area contributed by atoms with Crippen molar-refractivity contribution in [3.05, 3.63) is 75.8 Å². The lowest BCUT2D eigenvalue weighted by Gasteiger charge is -2.24. The Labute approximate surface area is 254 Å². The van der Waals surface area contributed by atoms with Crippen molar-refractivity contribution in [3.63, 3.8) is 0 Å². The van der Waals surface area contributed by atoms with Gasteiger partial charge in [0.15, 0.2) is 9.84 Å². The van der Waals surface area contributed by atoms with Crippen LogP contribution in [0, 0.1) is 13.8 Å². The van der Waals surface area contributed by atoms with Crippen molar-refractivity contribution in [1.29, 1.82) is 0 Å². The van der Waals surface area contributed by atoms with Crippen molar-refractivity contribution >= 4 is 15.8 Å². The highest BCUT2D eigenvalue weighted by Crippen LogP contribution is 2.47. The Balaban J connectivity index is 1.48. The van der Waals surface area contributed by atoms with Crippen LogP contribution in [-0.2, 0) is 27.2 Å². The van der Waals surface area contributed by atoms with Crippen LogP contribution in [0.1, 0.15) is 72.1 Å². The van der Waals surface area contributed by atoms with Crippen LogP contribution in [0.2, 0.25) is 0 Å². The van der Waals surface area contributed by atoms with Crippen LogP contribution in [-0.4, -0.2) is 43.7 Å². The molecule has 3 aromatic carbocycles. The number of aliphatic carboxylic acids is 1. The average Bonchev–Trinajstić information content (AvgIpc) is 3.49. The van der Waals surface area contributed by atoms with E-state index in [1.807, 2.05) is 0 Å². The van der Waals surface area contributed by atoms with Gasteiger partial charge in [-0.05, 0) is 104 Å². The van der Waals surface area contributed by atoms with Gasteiger partial charge in [-0.1, -0.05) is 6.07 Å². The minimum atomic E-state index is -4.58. The molecule has 11 heteroatoms. The molecule has 0 saturated heterocycles. The van der Waals surface area contributed by atoms with E-state index in [1.54, 1.807) is 58.0 Å². The summed E-state index contributed by atoms with van der Waals surface area (Å²) in [6.07, 6.45) is -3.13. The number of halogens is 3. The summed E-state index contributed by atoms with van der Waals surface area (Å²) in [6.45, 7) is 6.92. The van der Waals surface area contributed by atoms with Crippen molar-refractivity contribution in [2.75, 3.05) is 19.5 Å². The number of carbonyl (C=O) groups is 1. The molecule has 7 nitrogen and oxygen atoms in total. The first-order chi connectivity index (χ1) is 20.4. The maximum Gasteiger partial charge on any atom is 0.416 e. The average molecular weight is 633 g/mol. The van der Waals surface area contributed by atoms with E-state index in [-0.39, 0.29) is 25.6 Å². The molecule has 0 radical (unpaired) electrons. The first-order valence-corrected chi connectivity index (χ1v) is 16.2. The summed E-state index contributed by atoms with van der Waals surface area (Å²) >= 11 is 0. The lowest BCUT2D eigenvalue weighted by molar-refractivity contribution is -0.138. The van der Waals surface area contributed by atoms with E-state index in [4.69, 9.17) is 19.3 Å². The lowest BCUT2D eigenvalue weighted by Crippen LogP contribution is -2.37. The highest BCUT2D eigenvalue weighted by molar-refractivity contribution is 7.92. The molecule has 0 fully saturated rings. The number of hydrogen-bond acceptors (Lipinski definition) is 6. The number of sulfone groups is 1. The second-order valence-corrected chi connectivity index (χ2v) is 14.9. The smallest absolute Gasteiger partial charge is 0.416 e. The van der Waals surface area contributed by atoms with Crippen molar-refractivity contribution in [2.45, 2.75) is 69.9 Å². The molecule has 1 N–H and O–H groups in total. The standard InChI is InChI=1S/C33H35F3O7S/c1-18-10-23(42-17-32(3,4)44(5,39)40)11-19(2)31(18)27-14-21(33(34,35)36)13-26-25(27)8-9-28(26)43-22-6-7-24-20(12-30(37)38)16-41-29(24)15-22/h6-7,10-11,13-15,20,28H,8-9,12,16-17H2,1-5H3,(H,37,38)/t20-,28?/m1/s1. The number of ether oxygens (including phenoxy) is 3. The molecular weight excluding hydrogens is 597 g/mol. The van der Waals surface area contributed by atoms with Gasteiger partial charge in [0.25, 0.3) is 0 Å². The summed E-state index contributed by atoms with van der Waals surface area (Å²) in [7, 11) is -3.38. The van der Waals surface area contributed by atoms with Gasteiger partial charge < -0.3 is 19.3 Å². The molecule has 1 aliphatic heterocycles. The number of carboxylic acid groups (broad SMARTS) is 1. The van der Waals surface area contributed by atoms with Crippen LogP contribution in [0.5, 0.6) is 17.2 Å². The highest BCUT2D eigenvalue weighted by Gasteiger charge is 2.37. The predicted molar refractivity (Wildman–Crippen MR) is 159 cm³/mol. The van der Waals surface area contributed by atoms with Crippen LogP contribution in [0.3, 0.4) is 0 Å². The number of fused-ring (bicyclic) bond motifs is 2. The molecule has 0 saturated carbocycles. The zero-order valence-corrected chi connectivity index (χ0v) is 26.0. The molecule has 0 aromatic heterocycles. The zero-order chi connectivity index (χ0) is 32.2. The summed E-state index contributed by atoms with van der Waals surface area (Å²) in [6, 6.07) is 10.9. The second kappa shape index (κ2) is 11.3. The molecule has 236 valence electrons. The van der Waals surface area contributed by atoms with Crippen molar-refractivity contribution in [3.8, 4) is 28.4 Å². The SMILES string of the molecule is Cc1cc(OCC(C)(C)S(C)(=O)=O)cc(C)c1-c1cc(C(F)(F)F)cc2c1CCC2Oc1ccc2c(c1)OC[C@H]2CC(=O)O. The molecular formula is C33H35F3O7S. The van der Waals surface area contributed by atoms with Gasteiger partial charge in [-0.15, -0.1) is 0 Å². The lowest BCUT2D eigenvalue weighted by atomic mass is 9.88. The second-order valence-electron chi connectivity index (χ2n) is 12.3. The normalized spacial score (nSPS) is 18.0. The van der Waals surface area contributed by atoms with Crippen LogP contribution in [0.4, 0.5) is 13.2 Å². The maximum absolute atomic E-state index is 14.2. The highest BCUT2D eigenvalue weighted by atomic mass is 32.2. The minimum absolute atomic E-state index is 0.0588. The first kappa shape index (κ1) is 31.7. The summed E-state index contributed by atoms with van der Waals surface area (Å²) in [5, 5.41) is 9.16. The Morgan fingerprint density at radius 3 is 2.32 bits per heavy atom. The van der Waals surface area contributed by atoms with Gasteiger partial charge in [0.2, 0.25) is 0 Å². The summed E-state index contributed by atoms with van der Waals surface area (Å²) in [5.41, 5.74) is 3.79. The van der Waals surface area contributed by atoms with E-state index in [0.717, 1.165) is 17.4 Å². The topological polar surface area (TPSA) is 99.1 Å². The Kier molecular flexibility index (Phi) is 8.15. The first-order valence-electron chi connectivity index (χ1n) is 14.3. The van der Waals surface area contributed by atoms with Crippen LogP contribution in [0.15, 0.2) is 42.5 Å². The zero-order valence-electron chi connectivity index (χ0n) is 25.2. The van der Waals surface area contributed by atoms with E-state index in [1.165, 1.54) is 12.1 Å². The Hall–Kier alpha value is -3.73. The molecule has 1 unspecified atom stereocenters. The van der Waals surface area contributed by atoms with E-state index in [9.17, 15) is 26.4 Å². The fraction of sp³-hybridized carbons (Fsp3) is 0.424. The Morgan fingerprint density at radius 1 is 1.02 bits per heavy atom. The van der Waals surface area contributed by atoms with Gasteiger partial charge in [-0.2, -0.15) is 13.2 Å². The molecule has 2 aliphatic rings. The number of hydrogen-bond donors (Lipinski definition) is 1. The van der Waals surface area contributed by atoms with Crippen molar-refractivity contribution in [1.82, 2.24) is 0 Å². The third-order valence-electron chi connectivity index (χ3n) is 8.55. The molecule has 0 amide bonds. The fourth-order valence-electron chi connectivity index (χ4n) is 5.87. The van der Waals surface area contributed by atoms with Gasteiger partial charge >= 0.3 is 12.1 Å². The molecule has 3 aromatic rings. The molecule has 1 heterocycles. The van der Waals surface area contributed by atoms with Gasteiger partial charge in [-0.3, -0.25) is 4.79 Å². The number of benzene rings is 3. The number of rotatable bonds is 9. The van der Waals surface area contributed by atoms with E-state index in [2.05, 4.69) is 0 Å². The minimum Gasteiger partial charge on any atom is -0.492 e. The van der Waals surface area contributed by atoms with E-state index in [0.29, 0.717) is 57.9 Å². The van der Waals surface area contributed by atoms with Crippen molar-refractivity contribution in [2.24, 2.45) is 0 Å².